The summed E-state index contributed by atoms with van der Waals surface area (Å²) in [6.07, 6.45) is -1.17. The van der Waals surface area contributed by atoms with Gasteiger partial charge in [0, 0.05) is 20.9 Å². The van der Waals surface area contributed by atoms with Gasteiger partial charge >= 0.3 is 11.9 Å². The van der Waals surface area contributed by atoms with E-state index in [2.05, 4.69) is 94.4 Å². The van der Waals surface area contributed by atoms with Gasteiger partial charge in [-0.05, 0) is 37.9 Å². The van der Waals surface area contributed by atoms with Gasteiger partial charge < -0.3 is 24.4 Å². The minimum atomic E-state index is -2.72. The fraction of sp³-hybridized carbons (Fsp3) is 0.600. The van der Waals surface area contributed by atoms with E-state index in [9.17, 15) is 19.8 Å². The van der Waals surface area contributed by atoms with E-state index >= 15 is 0 Å². The van der Waals surface area contributed by atoms with Crippen LogP contribution in [0.25, 0.3) is 0 Å². The molecule has 0 saturated carbocycles. The number of aliphatic hydroxyl groups is 1. The molecule has 7 nitrogen and oxygen atoms in total. The van der Waals surface area contributed by atoms with Crippen LogP contribution in [0.2, 0.25) is 63.0 Å². The maximum absolute atomic E-state index is 14.5. The minimum absolute atomic E-state index is 0.0853. The van der Waals surface area contributed by atoms with Crippen molar-refractivity contribution in [3.8, 4) is 0 Å². The first-order valence-corrected chi connectivity index (χ1v) is 26.1. The minimum Gasteiger partial charge on any atom is -0.481 e. The molecule has 1 heterocycles. The topological polar surface area (TPSA) is 102 Å². The number of aryl methyl sites for hydroxylation is 2. The van der Waals surface area contributed by atoms with E-state index in [0.717, 1.165) is 27.5 Å². The molecule has 1 aliphatic rings. The Morgan fingerprint density at radius 2 is 1.31 bits per heavy atom. The number of carbonyl (C=O) groups is 2. The monoisotopic (exact) mass is 672 g/mol. The van der Waals surface area contributed by atoms with Crippen molar-refractivity contribution in [2.24, 2.45) is 5.92 Å². The summed E-state index contributed by atoms with van der Waals surface area (Å²) in [5.74, 6) is -3.35. The molecule has 0 bridgehead atoms. The number of benzene rings is 2. The zero-order valence-corrected chi connectivity index (χ0v) is 32.1. The van der Waals surface area contributed by atoms with E-state index in [1.54, 1.807) is 6.92 Å². The van der Waals surface area contributed by atoms with Gasteiger partial charge in [0.25, 0.3) is 0 Å². The summed E-state index contributed by atoms with van der Waals surface area (Å²) in [4.78, 5) is 27.2. The van der Waals surface area contributed by atoms with Gasteiger partial charge in [0.15, 0.2) is 5.79 Å². The van der Waals surface area contributed by atoms with E-state index in [4.69, 9.17) is 14.2 Å². The number of rotatable bonds is 15. The highest BCUT2D eigenvalue weighted by Gasteiger charge is 2.55. The summed E-state index contributed by atoms with van der Waals surface area (Å²) in [6, 6.07) is 17.6. The average molecular weight is 673 g/mol. The molecule has 3 rings (SSSR count). The number of hydrogen-bond acceptors (Lipinski definition) is 6. The van der Waals surface area contributed by atoms with Gasteiger partial charge in [0.1, 0.15) is 0 Å². The molecule has 0 spiro atoms. The van der Waals surface area contributed by atoms with Crippen LogP contribution >= 0.6 is 0 Å². The molecular formula is C35H56O7Si3. The molecule has 4 atom stereocenters. The number of carboxylic acids is 1. The van der Waals surface area contributed by atoms with Gasteiger partial charge in [-0.2, -0.15) is 0 Å². The number of carboxylic acid groups (broad SMARTS) is 1. The Hall–Kier alpha value is -2.09. The first-order valence-electron chi connectivity index (χ1n) is 16.3. The molecule has 1 fully saturated rings. The van der Waals surface area contributed by atoms with Gasteiger partial charge in [0.05, 0.1) is 48.0 Å². The maximum atomic E-state index is 14.5. The Bertz CT molecular complexity index is 1280. The van der Waals surface area contributed by atoms with E-state index in [-0.39, 0.29) is 25.0 Å². The molecule has 250 valence electrons. The van der Waals surface area contributed by atoms with Crippen molar-refractivity contribution in [3.63, 3.8) is 0 Å². The average Bonchev–Trinajstić information content (AvgIpc) is 3.35. The molecule has 0 unspecified atom stereocenters. The predicted molar refractivity (Wildman–Crippen MR) is 190 cm³/mol. The van der Waals surface area contributed by atoms with Crippen molar-refractivity contribution in [3.05, 3.63) is 59.7 Å². The summed E-state index contributed by atoms with van der Waals surface area (Å²) in [7, 11) is -6.85. The van der Waals surface area contributed by atoms with Crippen LogP contribution in [0.3, 0.4) is 0 Å². The number of aliphatic carboxylic acids is 1. The third-order valence-electron chi connectivity index (χ3n) is 9.83. The second-order valence-corrected chi connectivity index (χ2v) is 30.6. The fourth-order valence-electron chi connectivity index (χ4n) is 6.87. The van der Waals surface area contributed by atoms with E-state index < -0.39 is 59.5 Å². The molecule has 2 aromatic carbocycles. The summed E-state index contributed by atoms with van der Waals surface area (Å²) >= 11 is 0. The Labute approximate surface area is 273 Å². The highest BCUT2D eigenvalue weighted by atomic mass is 28.3. The largest absolute Gasteiger partial charge is 0.481 e. The number of carbonyl (C=O) groups excluding carboxylic acids is 1. The normalized spacial score (nSPS) is 18.2. The highest BCUT2D eigenvalue weighted by molar-refractivity contribution is 6.96. The maximum Gasteiger partial charge on any atom is 0.311 e. The lowest BCUT2D eigenvalue weighted by atomic mass is 9.90. The molecule has 0 amide bonds. The predicted octanol–water partition coefficient (Wildman–Crippen LogP) is 6.06. The second kappa shape index (κ2) is 14.8. The number of hydrogen-bond donors (Lipinski definition) is 2. The van der Waals surface area contributed by atoms with Gasteiger partial charge in [0.2, 0.25) is 0 Å². The number of esters is 1. The van der Waals surface area contributed by atoms with Gasteiger partial charge in [-0.3, -0.25) is 9.59 Å². The molecule has 1 aliphatic heterocycles. The van der Waals surface area contributed by atoms with Crippen molar-refractivity contribution in [2.75, 3.05) is 19.8 Å². The molecular weight excluding hydrogens is 617 g/mol. The third-order valence-corrected chi connectivity index (χ3v) is 20.4. The zero-order valence-electron chi connectivity index (χ0n) is 29.1. The zero-order chi connectivity index (χ0) is 33.8. The van der Waals surface area contributed by atoms with Crippen molar-refractivity contribution in [1.29, 1.82) is 0 Å². The van der Waals surface area contributed by atoms with Gasteiger partial charge in [-0.15, -0.1) is 0 Å². The molecule has 0 aliphatic carbocycles. The molecule has 1 saturated heterocycles. The van der Waals surface area contributed by atoms with Crippen LogP contribution in [0, 0.1) is 19.8 Å². The molecule has 0 aromatic heterocycles. The molecule has 2 N–H and O–H groups in total. The first-order chi connectivity index (χ1) is 20.8. The van der Waals surface area contributed by atoms with Crippen LogP contribution in [0.5, 0.6) is 0 Å². The van der Waals surface area contributed by atoms with Crippen molar-refractivity contribution in [1.82, 2.24) is 0 Å². The summed E-state index contributed by atoms with van der Waals surface area (Å²) < 4.78 is 17.9. The Kier molecular flexibility index (Phi) is 12.3. The lowest BCUT2D eigenvalue weighted by Crippen LogP contribution is -2.60. The lowest BCUT2D eigenvalue weighted by Gasteiger charge is -2.49. The van der Waals surface area contributed by atoms with Crippen molar-refractivity contribution >= 4 is 46.5 Å². The quantitative estimate of drug-likeness (QED) is 0.175. The summed E-state index contributed by atoms with van der Waals surface area (Å²) in [5.41, 5.74) is 1.44. The van der Waals surface area contributed by atoms with E-state index in [1.165, 1.54) is 0 Å². The summed E-state index contributed by atoms with van der Waals surface area (Å²) in [5, 5.41) is 24.9. The third kappa shape index (κ3) is 9.71. The van der Waals surface area contributed by atoms with Crippen molar-refractivity contribution < 1.29 is 34.0 Å². The van der Waals surface area contributed by atoms with Crippen LogP contribution < -0.4 is 10.4 Å². The first kappa shape index (κ1) is 37.4. The molecule has 45 heavy (non-hydrogen) atoms. The smallest absolute Gasteiger partial charge is 0.311 e. The molecule has 2 aromatic rings. The van der Waals surface area contributed by atoms with E-state index in [1.807, 2.05) is 13.8 Å². The Balaban J connectivity index is 2.27. The van der Waals surface area contributed by atoms with Crippen LogP contribution in [0.1, 0.15) is 30.9 Å². The van der Waals surface area contributed by atoms with Gasteiger partial charge in [-0.25, -0.2) is 0 Å². The Morgan fingerprint density at radius 1 is 0.844 bits per heavy atom. The number of aliphatic hydroxyl groups excluding tert-OH is 1. The fourth-order valence-corrected chi connectivity index (χ4v) is 17.1. The van der Waals surface area contributed by atoms with Crippen LogP contribution in [0.4, 0.5) is 0 Å². The second-order valence-electron chi connectivity index (χ2n) is 15.5. The van der Waals surface area contributed by atoms with E-state index in [0.29, 0.717) is 13.2 Å². The standard InChI is InChI=1S/C35H56O7Si3/c1-25-11-15-27(16-12-25)44(7,8)30(23-31(37)38)33(45(9,10)28-17-13-26(2)14-18-28)32(34(39)40-21-22-43(4,5)6)29(36)24-35(3)41-19-20-42-35/h11-18,29-30,32-33,36H,19-24H2,1-10H3,(H,37,38)/t29-,30+,32+,33+/m1/s1. The van der Waals surface area contributed by atoms with Crippen LogP contribution in [-0.2, 0) is 23.8 Å². The number of ether oxygens (including phenoxy) is 3. The lowest BCUT2D eigenvalue weighted by molar-refractivity contribution is -0.175. The molecule has 0 radical (unpaired) electrons. The summed E-state index contributed by atoms with van der Waals surface area (Å²) in [6.45, 7) is 22.6. The Morgan fingerprint density at radius 3 is 1.76 bits per heavy atom. The SMILES string of the molecule is Cc1ccc([Si](C)(C)[C@H]([C@@H](C(=O)OCC[Si](C)(C)C)[C@H](O)CC2(C)OCCO2)[C@H](CC(=O)O)[Si](C)(C)c2ccc(C)cc2)cc1. The molecule has 10 heteroatoms. The van der Waals surface area contributed by atoms with Crippen LogP contribution in [0.15, 0.2) is 48.5 Å². The van der Waals surface area contributed by atoms with Crippen molar-refractivity contribution in [2.45, 2.75) is 108 Å². The van der Waals surface area contributed by atoms with Gasteiger partial charge in [-0.1, -0.05) is 116 Å². The highest BCUT2D eigenvalue weighted by Crippen LogP contribution is 2.50. The van der Waals surface area contributed by atoms with Crippen LogP contribution in [-0.4, -0.2) is 78.1 Å².